The first-order valence-electron chi connectivity index (χ1n) is 2.98. The van der Waals surface area contributed by atoms with Crippen molar-refractivity contribution in [3.8, 4) is 4.12 Å². The number of benzene rings is 1. The summed E-state index contributed by atoms with van der Waals surface area (Å²) in [5.41, 5.74) is 0.663. The molecule has 54 valence electrons. The van der Waals surface area contributed by atoms with E-state index in [0.29, 0.717) is 5.56 Å². The molecule has 0 spiro atoms. The molecule has 1 rings (SSSR count). The quantitative estimate of drug-likeness (QED) is 0.566. The van der Waals surface area contributed by atoms with Crippen molar-refractivity contribution >= 4 is 30.8 Å². The number of carbonyl (C=O) groups is 1. The van der Waals surface area contributed by atoms with E-state index in [1.54, 1.807) is 12.1 Å². The Bertz CT molecular complexity index is 303. The van der Waals surface area contributed by atoms with Gasteiger partial charge in [0.1, 0.15) is 0 Å². The maximum atomic E-state index is 10.4. The minimum atomic E-state index is -0.792. The number of rotatable bonds is 2. The first-order chi connectivity index (χ1) is 5.38. The van der Waals surface area contributed by atoms with Crippen molar-refractivity contribution in [3.63, 3.8) is 0 Å². The number of aldehydes is 1. The van der Waals surface area contributed by atoms with Crippen molar-refractivity contribution in [2.24, 2.45) is 0 Å². The van der Waals surface area contributed by atoms with Crippen molar-refractivity contribution < 1.29 is 4.79 Å². The van der Waals surface area contributed by atoms with Crippen LogP contribution in [0.15, 0.2) is 24.3 Å². The summed E-state index contributed by atoms with van der Waals surface area (Å²) in [4.78, 5) is 10.4. The fourth-order valence-electron chi connectivity index (χ4n) is 0.720. The Morgan fingerprint density at radius 3 is 2.82 bits per heavy atom. The van der Waals surface area contributed by atoms with Gasteiger partial charge in [0.25, 0.3) is 0 Å². The number of nitrogens with zero attached hydrogens (tertiary/aromatic N) is 1. The third-order valence-electron chi connectivity index (χ3n) is 1.20. The van der Waals surface area contributed by atoms with Crippen LogP contribution in [0.4, 0.5) is 0 Å². The van der Waals surface area contributed by atoms with Gasteiger partial charge in [0.05, 0.1) is 0 Å². The summed E-state index contributed by atoms with van der Waals surface area (Å²) in [5.74, 6) is 0. The molecule has 1 aromatic rings. The molecule has 3 heteroatoms. The molecule has 0 amide bonds. The Morgan fingerprint density at radius 1 is 1.45 bits per heavy atom. The van der Waals surface area contributed by atoms with E-state index in [1.165, 1.54) is 0 Å². The molecule has 0 aliphatic rings. The van der Waals surface area contributed by atoms with Crippen LogP contribution in [0.1, 0.15) is 10.4 Å². The maximum absolute atomic E-state index is 10.4. The van der Waals surface area contributed by atoms with E-state index in [4.69, 9.17) is 5.26 Å². The molecule has 0 fully saturated rings. The van der Waals surface area contributed by atoms with E-state index >= 15 is 0 Å². The molecule has 0 aliphatic carbocycles. The Kier molecular flexibility index (Phi) is 3.11. The van der Waals surface area contributed by atoms with Gasteiger partial charge in [-0.15, -0.1) is 0 Å². The fraction of sp³-hybridized carbons (Fsp3) is 0. The SMILES string of the molecule is N#C[Te]c1ccccc1C=O. The van der Waals surface area contributed by atoms with Gasteiger partial charge in [0, 0.05) is 0 Å². The molecule has 0 aromatic heterocycles. The Hall–Kier alpha value is -0.830. The van der Waals surface area contributed by atoms with Gasteiger partial charge < -0.3 is 0 Å². The van der Waals surface area contributed by atoms with E-state index < -0.39 is 20.9 Å². The van der Waals surface area contributed by atoms with E-state index in [9.17, 15) is 4.79 Å². The van der Waals surface area contributed by atoms with Crippen LogP contribution in [-0.2, 0) is 0 Å². The van der Waals surface area contributed by atoms with Gasteiger partial charge in [-0.05, 0) is 0 Å². The zero-order valence-electron chi connectivity index (χ0n) is 5.65. The Labute approximate surface area is 74.9 Å². The van der Waals surface area contributed by atoms with Crippen LogP contribution in [0, 0.1) is 9.38 Å². The predicted octanol–water partition coefficient (Wildman–Crippen LogP) is 0.310. The molecule has 0 heterocycles. The van der Waals surface area contributed by atoms with Crippen LogP contribution in [0.5, 0.6) is 0 Å². The number of hydrogen-bond donors (Lipinski definition) is 0. The number of carbonyl (C=O) groups excluding carboxylic acids is 1. The van der Waals surface area contributed by atoms with Gasteiger partial charge in [-0.3, -0.25) is 0 Å². The first-order valence-corrected chi connectivity index (χ1v) is 5.31. The average Bonchev–Trinajstić information content (AvgIpc) is 2.06. The Morgan fingerprint density at radius 2 is 2.18 bits per heavy atom. The zero-order chi connectivity index (χ0) is 8.10. The third-order valence-corrected chi connectivity index (χ3v) is 3.15. The van der Waals surface area contributed by atoms with Crippen LogP contribution in [0.3, 0.4) is 0 Å². The molecule has 0 atom stereocenters. The summed E-state index contributed by atoms with van der Waals surface area (Å²) >= 11 is -0.792. The molecule has 0 saturated carbocycles. The van der Waals surface area contributed by atoms with Crippen molar-refractivity contribution in [1.82, 2.24) is 0 Å². The van der Waals surface area contributed by atoms with Crippen molar-refractivity contribution in [3.05, 3.63) is 29.8 Å². The molecule has 1 aromatic carbocycles. The zero-order valence-corrected chi connectivity index (χ0v) is 7.98. The first kappa shape index (κ1) is 8.27. The molecule has 0 unspecified atom stereocenters. The van der Waals surface area contributed by atoms with Gasteiger partial charge in [-0.1, -0.05) is 0 Å². The van der Waals surface area contributed by atoms with Gasteiger partial charge in [-0.25, -0.2) is 0 Å². The van der Waals surface area contributed by atoms with Crippen LogP contribution in [0.25, 0.3) is 0 Å². The summed E-state index contributed by atoms with van der Waals surface area (Å²) in [7, 11) is 0. The fourth-order valence-corrected chi connectivity index (χ4v) is 2.09. The van der Waals surface area contributed by atoms with Crippen molar-refractivity contribution in [2.75, 3.05) is 0 Å². The second-order valence-corrected chi connectivity index (χ2v) is 4.21. The third kappa shape index (κ3) is 2.05. The van der Waals surface area contributed by atoms with Gasteiger partial charge in [-0.2, -0.15) is 0 Å². The van der Waals surface area contributed by atoms with Crippen LogP contribution >= 0.6 is 0 Å². The molecule has 11 heavy (non-hydrogen) atoms. The van der Waals surface area contributed by atoms with Crippen molar-refractivity contribution in [2.45, 2.75) is 0 Å². The molecular formula is C8H5NOTe. The van der Waals surface area contributed by atoms with E-state index in [0.717, 1.165) is 9.90 Å². The number of nitriles is 1. The van der Waals surface area contributed by atoms with Gasteiger partial charge in [0.15, 0.2) is 0 Å². The van der Waals surface area contributed by atoms with Crippen LogP contribution in [-0.4, -0.2) is 27.2 Å². The van der Waals surface area contributed by atoms with Crippen LogP contribution in [0.2, 0.25) is 0 Å². The average molecular weight is 259 g/mol. The van der Waals surface area contributed by atoms with Crippen molar-refractivity contribution in [1.29, 1.82) is 5.26 Å². The molecule has 0 saturated heterocycles. The summed E-state index contributed by atoms with van der Waals surface area (Å²) in [6, 6.07) is 7.24. The van der Waals surface area contributed by atoms with Gasteiger partial charge in [0.2, 0.25) is 0 Å². The summed E-state index contributed by atoms with van der Waals surface area (Å²) < 4.78 is 3.06. The topological polar surface area (TPSA) is 40.9 Å². The molecular weight excluding hydrogens is 254 g/mol. The van der Waals surface area contributed by atoms with E-state index in [-0.39, 0.29) is 0 Å². The standard InChI is InChI=1S/C8H5NOTe/c9-6-11-8-4-2-1-3-7(8)5-10/h1-5H. The van der Waals surface area contributed by atoms with Crippen LogP contribution < -0.4 is 3.61 Å². The Balaban J connectivity index is 3.04. The van der Waals surface area contributed by atoms with E-state index in [1.807, 2.05) is 12.1 Å². The number of hydrogen-bond acceptors (Lipinski definition) is 2. The predicted molar refractivity (Wildman–Crippen MR) is 42.8 cm³/mol. The summed E-state index contributed by atoms with van der Waals surface area (Å²) in [6.45, 7) is 0. The second kappa shape index (κ2) is 4.13. The molecule has 0 aliphatic heterocycles. The summed E-state index contributed by atoms with van der Waals surface area (Å²) in [6.07, 6.45) is 0.803. The monoisotopic (exact) mass is 261 g/mol. The molecule has 0 radical (unpaired) electrons. The van der Waals surface area contributed by atoms with Gasteiger partial charge >= 0.3 is 74.8 Å². The molecule has 0 N–H and O–H groups in total. The summed E-state index contributed by atoms with van der Waals surface area (Å²) in [5, 5.41) is 8.43. The normalized spacial score (nSPS) is 8.64. The second-order valence-electron chi connectivity index (χ2n) is 1.85. The minimum absolute atomic E-state index is 0.663. The molecule has 2 nitrogen and oxygen atoms in total. The van der Waals surface area contributed by atoms with E-state index in [2.05, 4.69) is 4.12 Å². The molecule has 0 bridgehead atoms.